The molecule has 0 radical (unpaired) electrons. The predicted octanol–water partition coefficient (Wildman–Crippen LogP) is 3.98. The van der Waals surface area contributed by atoms with Gasteiger partial charge in [0, 0.05) is 4.70 Å². The molecule has 1 nitrogen and oxygen atoms in total. The van der Waals surface area contributed by atoms with Crippen LogP contribution in [0.25, 0.3) is 10.1 Å². The highest BCUT2D eigenvalue weighted by Crippen LogP contribution is 2.38. The molecular formula is C12H12F3NS. The van der Waals surface area contributed by atoms with Gasteiger partial charge in [-0.05, 0) is 41.6 Å². The number of thiophene rings is 1. The normalized spacial score (nSPS) is 14.2. The van der Waals surface area contributed by atoms with Crippen molar-refractivity contribution in [3.8, 4) is 0 Å². The Morgan fingerprint density at radius 2 is 2.00 bits per heavy atom. The molecule has 1 atom stereocenters. The van der Waals surface area contributed by atoms with Crippen molar-refractivity contribution in [1.82, 2.24) is 0 Å². The van der Waals surface area contributed by atoms with Gasteiger partial charge in [0.25, 0.3) is 0 Å². The lowest BCUT2D eigenvalue weighted by atomic mass is 10.0. The summed E-state index contributed by atoms with van der Waals surface area (Å²) in [6.07, 6.45) is -4.26. The summed E-state index contributed by atoms with van der Waals surface area (Å²) < 4.78 is 38.3. The standard InChI is InChI=1S/C12H12F3NS/c1-7(6-16)8-2-3-10-9(4-8)5-11(17-10)12(13,14)15/h2-5,7H,6,16H2,1H3. The number of rotatable bonds is 2. The summed E-state index contributed by atoms with van der Waals surface area (Å²) in [5.74, 6) is 0.161. The molecule has 2 aromatic rings. The average molecular weight is 259 g/mol. The number of nitrogens with two attached hydrogens (primary N) is 1. The second kappa shape index (κ2) is 4.31. The molecule has 1 unspecified atom stereocenters. The first-order valence-corrected chi connectivity index (χ1v) is 6.04. The summed E-state index contributed by atoms with van der Waals surface area (Å²) in [6.45, 7) is 2.44. The summed E-state index contributed by atoms with van der Waals surface area (Å²) in [5, 5.41) is 0.639. The highest BCUT2D eigenvalue weighted by atomic mass is 32.1. The van der Waals surface area contributed by atoms with E-state index in [2.05, 4.69) is 0 Å². The van der Waals surface area contributed by atoms with E-state index in [1.54, 1.807) is 12.1 Å². The first-order valence-electron chi connectivity index (χ1n) is 5.22. The second-order valence-corrected chi connectivity index (χ2v) is 5.13. The molecule has 1 aromatic heterocycles. The summed E-state index contributed by atoms with van der Waals surface area (Å²) in [5.41, 5.74) is 6.52. The maximum absolute atomic E-state index is 12.5. The van der Waals surface area contributed by atoms with Gasteiger partial charge in [0.2, 0.25) is 0 Å². The molecular weight excluding hydrogens is 247 g/mol. The van der Waals surface area contributed by atoms with Gasteiger partial charge in [-0.3, -0.25) is 0 Å². The Morgan fingerprint density at radius 3 is 2.59 bits per heavy atom. The third kappa shape index (κ3) is 2.45. The van der Waals surface area contributed by atoms with E-state index < -0.39 is 11.1 Å². The SMILES string of the molecule is CC(CN)c1ccc2sc(C(F)(F)F)cc2c1. The van der Waals surface area contributed by atoms with E-state index in [-0.39, 0.29) is 5.92 Å². The molecule has 1 aromatic carbocycles. The molecule has 2 rings (SSSR count). The molecule has 0 spiro atoms. The average Bonchev–Trinajstić information content (AvgIpc) is 2.70. The molecule has 1 heterocycles. The molecule has 0 amide bonds. The van der Waals surface area contributed by atoms with Crippen LogP contribution in [-0.2, 0) is 6.18 Å². The van der Waals surface area contributed by atoms with E-state index in [9.17, 15) is 13.2 Å². The lowest BCUT2D eigenvalue weighted by molar-refractivity contribution is -0.134. The molecule has 0 bridgehead atoms. The van der Waals surface area contributed by atoms with Gasteiger partial charge in [-0.25, -0.2) is 0 Å². The molecule has 0 aliphatic rings. The Balaban J connectivity index is 2.48. The molecule has 0 saturated carbocycles. The van der Waals surface area contributed by atoms with Crippen molar-refractivity contribution < 1.29 is 13.2 Å². The van der Waals surface area contributed by atoms with Gasteiger partial charge in [-0.2, -0.15) is 13.2 Å². The van der Waals surface area contributed by atoms with Gasteiger partial charge in [-0.1, -0.05) is 13.0 Å². The number of hydrogen-bond acceptors (Lipinski definition) is 2. The van der Waals surface area contributed by atoms with E-state index in [4.69, 9.17) is 5.73 Å². The van der Waals surface area contributed by atoms with Crippen molar-refractivity contribution in [3.63, 3.8) is 0 Å². The van der Waals surface area contributed by atoms with Crippen LogP contribution in [0, 0.1) is 0 Å². The third-order valence-corrected chi connectivity index (χ3v) is 3.90. The predicted molar refractivity (Wildman–Crippen MR) is 64.3 cm³/mol. The summed E-state index contributed by atoms with van der Waals surface area (Å²) in [6, 6.07) is 6.57. The zero-order valence-corrected chi connectivity index (χ0v) is 10.0. The maximum atomic E-state index is 12.5. The fourth-order valence-corrected chi connectivity index (χ4v) is 2.55. The molecule has 0 fully saturated rings. The minimum Gasteiger partial charge on any atom is -0.330 e. The van der Waals surface area contributed by atoms with Gasteiger partial charge >= 0.3 is 6.18 Å². The number of alkyl halides is 3. The Hall–Kier alpha value is -1.07. The van der Waals surface area contributed by atoms with E-state index in [0.29, 0.717) is 16.6 Å². The first-order chi connectivity index (χ1) is 7.91. The second-order valence-electron chi connectivity index (χ2n) is 4.04. The molecule has 2 N–H and O–H groups in total. The van der Waals surface area contributed by atoms with E-state index >= 15 is 0 Å². The zero-order chi connectivity index (χ0) is 12.6. The Labute approximate surface area is 101 Å². The van der Waals surface area contributed by atoms with Crippen LogP contribution in [-0.4, -0.2) is 6.54 Å². The molecule has 0 aliphatic heterocycles. The van der Waals surface area contributed by atoms with Gasteiger partial charge < -0.3 is 5.73 Å². The van der Waals surface area contributed by atoms with Crippen LogP contribution in [0.2, 0.25) is 0 Å². The van der Waals surface area contributed by atoms with Crippen molar-refractivity contribution in [2.45, 2.75) is 19.0 Å². The largest absolute Gasteiger partial charge is 0.425 e. The van der Waals surface area contributed by atoms with Gasteiger partial charge in [0.15, 0.2) is 0 Å². The number of fused-ring (bicyclic) bond motifs is 1. The smallest absolute Gasteiger partial charge is 0.330 e. The van der Waals surface area contributed by atoms with Crippen molar-refractivity contribution in [2.24, 2.45) is 5.73 Å². The van der Waals surface area contributed by atoms with Gasteiger partial charge in [0.05, 0.1) is 0 Å². The molecule has 5 heteroatoms. The number of benzene rings is 1. The van der Waals surface area contributed by atoms with Crippen molar-refractivity contribution >= 4 is 21.4 Å². The van der Waals surface area contributed by atoms with Crippen LogP contribution in [0.3, 0.4) is 0 Å². The number of halogens is 3. The molecule has 17 heavy (non-hydrogen) atoms. The zero-order valence-electron chi connectivity index (χ0n) is 9.21. The van der Waals surface area contributed by atoms with Crippen molar-refractivity contribution in [1.29, 1.82) is 0 Å². The van der Waals surface area contributed by atoms with Crippen molar-refractivity contribution in [2.75, 3.05) is 6.54 Å². The maximum Gasteiger partial charge on any atom is 0.425 e. The molecule has 92 valence electrons. The van der Waals surface area contributed by atoms with Crippen LogP contribution in [0.1, 0.15) is 23.3 Å². The van der Waals surface area contributed by atoms with Gasteiger partial charge in [0.1, 0.15) is 4.88 Å². The third-order valence-electron chi connectivity index (χ3n) is 2.74. The van der Waals surface area contributed by atoms with Crippen LogP contribution in [0.5, 0.6) is 0 Å². The van der Waals surface area contributed by atoms with Gasteiger partial charge in [-0.15, -0.1) is 11.3 Å². The number of hydrogen-bond donors (Lipinski definition) is 1. The summed E-state index contributed by atoms with van der Waals surface area (Å²) in [7, 11) is 0. The van der Waals surface area contributed by atoms with Crippen LogP contribution in [0.15, 0.2) is 24.3 Å². The fraction of sp³-hybridized carbons (Fsp3) is 0.333. The lowest BCUT2D eigenvalue weighted by Crippen LogP contribution is -2.08. The lowest BCUT2D eigenvalue weighted by Gasteiger charge is -2.08. The van der Waals surface area contributed by atoms with E-state index in [1.165, 1.54) is 6.07 Å². The van der Waals surface area contributed by atoms with Crippen molar-refractivity contribution in [3.05, 3.63) is 34.7 Å². The monoisotopic (exact) mass is 259 g/mol. The molecule has 0 aliphatic carbocycles. The molecule has 0 saturated heterocycles. The van der Waals surface area contributed by atoms with E-state index in [0.717, 1.165) is 16.9 Å². The first kappa shape index (κ1) is 12.4. The van der Waals surface area contributed by atoms with Crippen LogP contribution < -0.4 is 5.73 Å². The quantitative estimate of drug-likeness (QED) is 0.867. The highest BCUT2D eigenvalue weighted by molar-refractivity contribution is 7.19. The Bertz CT molecular complexity index is 530. The fourth-order valence-electron chi connectivity index (χ4n) is 1.64. The minimum absolute atomic E-state index is 0.161. The topological polar surface area (TPSA) is 26.0 Å². The Kier molecular flexibility index (Phi) is 3.14. The summed E-state index contributed by atoms with van der Waals surface area (Å²) >= 11 is 0.776. The summed E-state index contributed by atoms with van der Waals surface area (Å²) in [4.78, 5) is -0.551. The minimum atomic E-state index is -4.26. The highest BCUT2D eigenvalue weighted by Gasteiger charge is 2.32. The van der Waals surface area contributed by atoms with Crippen LogP contribution >= 0.6 is 11.3 Å². The van der Waals surface area contributed by atoms with Crippen LogP contribution in [0.4, 0.5) is 13.2 Å². The Morgan fingerprint density at radius 1 is 1.29 bits per heavy atom. The van der Waals surface area contributed by atoms with E-state index in [1.807, 2.05) is 13.0 Å².